The Bertz CT molecular complexity index is 1330. The van der Waals surface area contributed by atoms with Gasteiger partial charge in [-0.3, -0.25) is 24.3 Å². The summed E-state index contributed by atoms with van der Waals surface area (Å²) in [5.41, 5.74) is 0.217. The minimum absolute atomic E-state index is 0.134. The van der Waals surface area contributed by atoms with Crippen molar-refractivity contribution >= 4 is 39.9 Å². The van der Waals surface area contributed by atoms with Crippen LogP contribution in [0, 0.1) is 10.1 Å². The van der Waals surface area contributed by atoms with E-state index >= 15 is 0 Å². The van der Waals surface area contributed by atoms with Gasteiger partial charge in [-0.15, -0.1) is 0 Å². The number of fused-ring (bicyclic) bond motifs is 1. The summed E-state index contributed by atoms with van der Waals surface area (Å²) < 4.78 is 2.37. The van der Waals surface area contributed by atoms with E-state index in [1.165, 1.54) is 35.4 Å². The van der Waals surface area contributed by atoms with E-state index in [2.05, 4.69) is 15.4 Å². The number of amides is 1. The molecule has 0 atom stereocenters. The van der Waals surface area contributed by atoms with Gasteiger partial charge in [0.15, 0.2) is 5.65 Å². The van der Waals surface area contributed by atoms with Crippen LogP contribution >= 0.6 is 11.6 Å². The van der Waals surface area contributed by atoms with Crippen LogP contribution in [0.5, 0.6) is 0 Å². The van der Waals surface area contributed by atoms with Crippen molar-refractivity contribution in [2.24, 2.45) is 0 Å². The second-order valence-corrected chi connectivity index (χ2v) is 6.71. The molecule has 0 radical (unpaired) electrons. The molecule has 4 rings (SSSR count). The molecule has 0 saturated heterocycles. The standard InChI is InChI=1S/C19H13ClN6O4/c20-12-5-7-13(8-6-12)23-17(27)10-24-11-21-18-14(19(24)28)9-22-25(18)15-3-1-2-4-16(15)26(29)30/h1-9,11H,10H2,(H,23,27). The van der Waals surface area contributed by atoms with E-state index in [1.807, 2.05) is 0 Å². The Morgan fingerprint density at radius 1 is 1.17 bits per heavy atom. The van der Waals surface area contributed by atoms with E-state index < -0.39 is 16.4 Å². The highest BCUT2D eigenvalue weighted by Gasteiger charge is 2.19. The van der Waals surface area contributed by atoms with Gasteiger partial charge >= 0.3 is 0 Å². The summed E-state index contributed by atoms with van der Waals surface area (Å²) in [4.78, 5) is 40.0. The molecule has 1 amide bonds. The molecule has 0 spiro atoms. The van der Waals surface area contributed by atoms with E-state index in [0.29, 0.717) is 10.7 Å². The van der Waals surface area contributed by atoms with E-state index in [-0.39, 0.29) is 29.0 Å². The topological polar surface area (TPSA) is 125 Å². The molecule has 1 N–H and O–H groups in total. The molecule has 150 valence electrons. The van der Waals surface area contributed by atoms with Crippen LogP contribution in [-0.2, 0) is 11.3 Å². The molecule has 0 bridgehead atoms. The minimum atomic E-state index is -0.537. The Hall–Kier alpha value is -4.05. The predicted octanol–water partition coefficient (Wildman–Crippen LogP) is 2.78. The lowest BCUT2D eigenvalue weighted by molar-refractivity contribution is -0.384. The Balaban J connectivity index is 1.65. The van der Waals surface area contributed by atoms with Gasteiger partial charge in [0, 0.05) is 16.8 Å². The van der Waals surface area contributed by atoms with E-state index in [9.17, 15) is 19.7 Å². The lowest BCUT2D eigenvalue weighted by Gasteiger charge is -2.08. The molecular formula is C19H13ClN6O4. The molecule has 11 heteroatoms. The van der Waals surface area contributed by atoms with Gasteiger partial charge < -0.3 is 5.32 Å². The molecule has 4 aromatic rings. The molecule has 0 aliphatic rings. The number of hydrogen-bond donors (Lipinski definition) is 1. The number of nitrogens with zero attached hydrogens (tertiary/aromatic N) is 5. The molecule has 0 aliphatic heterocycles. The lowest BCUT2D eigenvalue weighted by atomic mass is 10.2. The second kappa shape index (κ2) is 7.76. The number of nitro benzene ring substituents is 1. The van der Waals surface area contributed by atoms with Crippen molar-refractivity contribution < 1.29 is 9.72 Å². The maximum atomic E-state index is 12.8. The van der Waals surface area contributed by atoms with Gasteiger partial charge in [-0.25, -0.2) is 9.67 Å². The molecule has 0 fully saturated rings. The Morgan fingerprint density at radius 3 is 2.63 bits per heavy atom. The zero-order valence-corrected chi connectivity index (χ0v) is 16.0. The van der Waals surface area contributed by atoms with Crippen molar-refractivity contribution in [3.63, 3.8) is 0 Å². The molecule has 2 aromatic heterocycles. The number of nitro groups is 1. The van der Waals surface area contributed by atoms with Crippen molar-refractivity contribution in [2.75, 3.05) is 5.32 Å². The lowest BCUT2D eigenvalue weighted by Crippen LogP contribution is -2.27. The molecule has 2 heterocycles. The van der Waals surface area contributed by atoms with E-state index in [4.69, 9.17) is 11.6 Å². The molecule has 10 nitrogen and oxygen atoms in total. The summed E-state index contributed by atoms with van der Waals surface area (Å²) in [6.45, 7) is -0.263. The first-order valence-electron chi connectivity index (χ1n) is 8.66. The second-order valence-electron chi connectivity index (χ2n) is 6.27. The maximum Gasteiger partial charge on any atom is 0.294 e. The fourth-order valence-corrected chi connectivity index (χ4v) is 3.05. The van der Waals surface area contributed by atoms with Crippen molar-refractivity contribution in [1.82, 2.24) is 19.3 Å². The van der Waals surface area contributed by atoms with Crippen LogP contribution < -0.4 is 10.9 Å². The number of halogens is 1. The predicted molar refractivity (Wildman–Crippen MR) is 110 cm³/mol. The van der Waals surface area contributed by atoms with Crippen LogP contribution in [0.15, 0.2) is 65.8 Å². The average Bonchev–Trinajstić information content (AvgIpc) is 3.16. The third-order valence-electron chi connectivity index (χ3n) is 4.30. The normalized spacial score (nSPS) is 10.8. The fraction of sp³-hybridized carbons (Fsp3) is 0.0526. The van der Waals surface area contributed by atoms with Gasteiger partial charge in [-0.05, 0) is 30.3 Å². The number of aromatic nitrogens is 4. The first-order chi connectivity index (χ1) is 14.4. The first-order valence-corrected chi connectivity index (χ1v) is 9.04. The quantitative estimate of drug-likeness (QED) is 0.388. The molecule has 0 saturated carbocycles. The highest BCUT2D eigenvalue weighted by atomic mass is 35.5. The van der Waals surface area contributed by atoms with Crippen LogP contribution in [0.1, 0.15) is 0 Å². The summed E-state index contributed by atoms with van der Waals surface area (Å²) in [5, 5.41) is 18.7. The number of hydrogen-bond acceptors (Lipinski definition) is 6. The highest BCUT2D eigenvalue weighted by Crippen LogP contribution is 2.23. The van der Waals surface area contributed by atoms with Crippen molar-refractivity contribution in [3.05, 3.63) is 86.5 Å². The smallest absolute Gasteiger partial charge is 0.294 e. The zero-order chi connectivity index (χ0) is 21.3. The number of nitrogens with one attached hydrogen (secondary N) is 1. The number of carbonyl (C=O) groups excluding carboxylic acids is 1. The largest absolute Gasteiger partial charge is 0.325 e. The van der Waals surface area contributed by atoms with E-state index in [0.717, 1.165) is 4.57 Å². The highest BCUT2D eigenvalue weighted by molar-refractivity contribution is 6.30. The van der Waals surface area contributed by atoms with Gasteiger partial charge in [-0.1, -0.05) is 23.7 Å². The molecule has 30 heavy (non-hydrogen) atoms. The Kier molecular flexibility index (Phi) is 4.98. The van der Waals surface area contributed by atoms with Crippen LogP contribution in [0.4, 0.5) is 11.4 Å². The van der Waals surface area contributed by atoms with Gasteiger partial charge in [0.1, 0.15) is 23.9 Å². The summed E-state index contributed by atoms with van der Waals surface area (Å²) in [6.07, 6.45) is 2.48. The van der Waals surface area contributed by atoms with Gasteiger partial charge in [0.2, 0.25) is 5.91 Å². The number of para-hydroxylation sites is 2. The van der Waals surface area contributed by atoms with Crippen LogP contribution in [0.25, 0.3) is 16.7 Å². The van der Waals surface area contributed by atoms with Gasteiger partial charge in [0.05, 0.1) is 11.1 Å². The Morgan fingerprint density at radius 2 is 1.90 bits per heavy atom. The fourth-order valence-electron chi connectivity index (χ4n) is 2.92. The minimum Gasteiger partial charge on any atom is -0.325 e. The average molecular weight is 425 g/mol. The van der Waals surface area contributed by atoms with Crippen LogP contribution in [0.3, 0.4) is 0 Å². The molecule has 2 aromatic carbocycles. The zero-order valence-electron chi connectivity index (χ0n) is 15.2. The Labute approximate surface area is 173 Å². The van der Waals surface area contributed by atoms with Crippen LogP contribution in [0.2, 0.25) is 5.02 Å². The van der Waals surface area contributed by atoms with Crippen molar-refractivity contribution in [2.45, 2.75) is 6.54 Å². The molecular weight excluding hydrogens is 412 g/mol. The summed E-state index contributed by atoms with van der Waals surface area (Å²) in [5.74, 6) is -0.424. The van der Waals surface area contributed by atoms with Crippen molar-refractivity contribution in [3.8, 4) is 5.69 Å². The monoisotopic (exact) mass is 424 g/mol. The number of carbonyl (C=O) groups is 1. The third kappa shape index (κ3) is 3.63. The number of benzene rings is 2. The summed E-state index contributed by atoms with van der Waals surface area (Å²) in [6, 6.07) is 12.6. The van der Waals surface area contributed by atoms with Crippen molar-refractivity contribution in [1.29, 1.82) is 0 Å². The van der Waals surface area contributed by atoms with Crippen LogP contribution in [-0.4, -0.2) is 30.2 Å². The summed E-state index contributed by atoms with van der Waals surface area (Å²) >= 11 is 5.82. The van der Waals surface area contributed by atoms with Gasteiger partial charge in [-0.2, -0.15) is 5.10 Å². The number of rotatable bonds is 5. The number of anilines is 1. The van der Waals surface area contributed by atoms with E-state index in [1.54, 1.807) is 30.3 Å². The molecule has 0 unspecified atom stereocenters. The first kappa shape index (κ1) is 19.3. The van der Waals surface area contributed by atoms with Gasteiger partial charge in [0.25, 0.3) is 11.2 Å². The SMILES string of the molecule is O=C(Cn1cnc2c(cnn2-c2ccccc2[N+](=O)[O-])c1=O)Nc1ccc(Cl)cc1. The summed E-state index contributed by atoms with van der Waals surface area (Å²) in [7, 11) is 0. The third-order valence-corrected chi connectivity index (χ3v) is 4.56. The molecule has 0 aliphatic carbocycles. The maximum absolute atomic E-state index is 12.8.